The maximum absolute atomic E-state index is 5.60. The Balaban J connectivity index is 1.96. The molecule has 0 amide bonds. The van der Waals surface area contributed by atoms with Gasteiger partial charge in [0.1, 0.15) is 0 Å². The summed E-state index contributed by atoms with van der Waals surface area (Å²) in [5.74, 6) is 0. The van der Waals surface area contributed by atoms with Crippen molar-refractivity contribution in [3.63, 3.8) is 0 Å². The second-order valence-electron chi connectivity index (χ2n) is 4.22. The molecule has 18 heavy (non-hydrogen) atoms. The Kier molecular flexibility index (Phi) is 2.78. The maximum Gasteiger partial charge on any atom is 0.0961 e. The molecule has 0 saturated carbocycles. The normalized spacial score (nSPS) is 10.9. The van der Waals surface area contributed by atoms with Crippen LogP contribution in [0.3, 0.4) is 0 Å². The van der Waals surface area contributed by atoms with Gasteiger partial charge in [0.2, 0.25) is 0 Å². The van der Waals surface area contributed by atoms with E-state index in [9.17, 15) is 0 Å². The van der Waals surface area contributed by atoms with E-state index in [4.69, 9.17) is 5.73 Å². The molecule has 90 valence electrons. The standard InChI is InChI=1S/C14H14N4/c15-8-12-7-11(5-6-16-12)9-18-10-17-13-3-1-2-4-14(13)18/h1-7,10H,8-9,15H2. The zero-order chi connectivity index (χ0) is 12.4. The van der Waals surface area contributed by atoms with Crippen LogP contribution < -0.4 is 5.73 Å². The second-order valence-corrected chi connectivity index (χ2v) is 4.22. The summed E-state index contributed by atoms with van der Waals surface area (Å²) in [7, 11) is 0. The average molecular weight is 238 g/mol. The lowest BCUT2D eigenvalue weighted by Gasteiger charge is -2.05. The molecule has 3 rings (SSSR count). The molecular weight excluding hydrogens is 224 g/mol. The van der Waals surface area contributed by atoms with Crippen molar-refractivity contribution >= 4 is 11.0 Å². The van der Waals surface area contributed by atoms with Gasteiger partial charge in [0.15, 0.2) is 0 Å². The summed E-state index contributed by atoms with van der Waals surface area (Å²) >= 11 is 0. The highest BCUT2D eigenvalue weighted by molar-refractivity contribution is 5.75. The van der Waals surface area contributed by atoms with Gasteiger partial charge in [-0.25, -0.2) is 4.98 Å². The van der Waals surface area contributed by atoms with Crippen LogP contribution in [0.15, 0.2) is 48.9 Å². The molecule has 0 radical (unpaired) electrons. The smallest absolute Gasteiger partial charge is 0.0961 e. The zero-order valence-electron chi connectivity index (χ0n) is 9.95. The SMILES string of the molecule is NCc1cc(Cn2cnc3ccccc32)ccn1. The fraction of sp³-hybridized carbons (Fsp3) is 0.143. The van der Waals surface area contributed by atoms with Gasteiger partial charge in [0, 0.05) is 19.3 Å². The van der Waals surface area contributed by atoms with Crippen LogP contribution in [0.4, 0.5) is 0 Å². The predicted molar refractivity (Wildman–Crippen MR) is 71.0 cm³/mol. The molecule has 1 aromatic carbocycles. The summed E-state index contributed by atoms with van der Waals surface area (Å²) in [6.07, 6.45) is 3.67. The number of imidazole rings is 1. The number of benzene rings is 1. The van der Waals surface area contributed by atoms with Gasteiger partial charge in [-0.3, -0.25) is 4.98 Å². The Labute approximate surface area is 105 Å². The number of rotatable bonds is 3. The van der Waals surface area contributed by atoms with Gasteiger partial charge >= 0.3 is 0 Å². The highest BCUT2D eigenvalue weighted by atomic mass is 15.0. The number of fused-ring (bicyclic) bond motifs is 1. The van der Waals surface area contributed by atoms with Crippen LogP contribution in [0.25, 0.3) is 11.0 Å². The first-order chi connectivity index (χ1) is 8.86. The van der Waals surface area contributed by atoms with Crippen molar-refractivity contribution in [2.75, 3.05) is 0 Å². The number of para-hydroxylation sites is 2. The minimum absolute atomic E-state index is 0.471. The molecule has 0 bridgehead atoms. The minimum atomic E-state index is 0.471. The number of nitrogens with two attached hydrogens (primary N) is 1. The Morgan fingerprint density at radius 3 is 2.89 bits per heavy atom. The lowest BCUT2D eigenvalue weighted by atomic mass is 10.2. The third kappa shape index (κ3) is 1.98. The molecule has 0 spiro atoms. The fourth-order valence-corrected chi connectivity index (χ4v) is 2.07. The van der Waals surface area contributed by atoms with Crippen LogP contribution in [-0.2, 0) is 13.1 Å². The number of hydrogen-bond acceptors (Lipinski definition) is 3. The summed E-state index contributed by atoms with van der Waals surface area (Å²) in [6, 6.07) is 12.2. The van der Waals surface area contributed by atoms with Crippen molar-refractivity contribution < 1.29 is 0 Å². The van der Waals surface area contributed by atoms with Crippen LogP contribution in [-0.4, -0.2) is 14.5 Å². The Morgan fingerprint density at radius 2 is 2.00 bits per heavy atom. The van der Waals surface area contributed by atoms with Gasteiger partial charge in [-0.15, -0.1) is 0 Å². The van der Waals surface area contributed by atoms with Crippen molar-refractivity contribution in [3.8, 4) is 0 Å². The van der Waals surface area contributed by atoms with E-state index in [0.29, 0.717) is 6.54 Å². The van der Waals surface area contributed by atoms with Crippen molar-refractivity contribution in [1.29, 1.82) is 0 Å². The van der Waals surface area contributed by atoms with E-state index < -0.39 is 0 Å². The number of nitrogens with zero attached hydrogens (tertiary/aromatic N) is 3. The quantitative estimate of drug-likeness (QED) is 0.758. The molecule has 0 fully saturated rings. The van der Waals surface area contributed by atoms with Crippen LogP contribution in [0.5, 0.6) is 0 Å². The molecule has 2 aromatic heterocycles. The maximum atomic E-state index is 5.60. The highest BCUT2D eigenvalue weighted by Gasteiger charge is 2.02. The molecule has 3 aromatic rings. The number of aromatic nitrogens is 3. The van der Waals surface area contributed by atoms with Crippen molar-refractivity contribution in [2.24, 2.45) is 5.73 Å². The lowest BCUT2D eigenvalue weighted by Crippen LogP contribution is -2.03. The van der Waals surface area contributed by atoms with Gasteiger partial charge in [-0.1, -0.05) is 12.1 Å². The summed E-state index contributed by atoms with van der Waals surface area (Å²) in [4.78, 5) is 8.58. The van der Waals surface area contributed by atoms with Crippen molar-refractivity contribution in [1.82, 2.24) is 14.5 Å². The monoisotopic (exact) mass is 238 g/mol. The zero-order valence-corrected chi connectivity index (χ0v) is 9.95. The molecule has 0 aliphatic carbocycles. The summed E-state index contributed by atoms with van der Waals surface area (Å²) < 4.78 is 2.13. The first kappa shape index (κ1) is 10.9. The van der Waals surface area contributed by atoms with E-state index in [1.54, 1.807) is 6.20 Å². The molecule has 0 unspecified atom stereocenters. The first-order valence-electron chi connectivity index (χ1n) is 5.90. The molecule has 2 heterocycles. The molecule has 0 aliphatic heterocycles. The van der Waals surface area contributed by atoms with Gasteiger partial charge < -0.3 is 10.3 Å². The lowest BCUT2D eigenvalue weighted by molar-refractivity contribution is 0.817. The second kappa shape index (κ2) is 4.58. The molecule has 4 nitrogen and oxygen atoms in total. The Bertz CT molecular complexity index is 672. The average Bonchev–Trinajstić information content (AvgIpc) is 2.83. The van der Waals surface area contributed by atoms with Crippen LogP contribution in [0, 0.1) is 0 Å². The first-order valence-corrected chi connectivity index (χ1v) is 5.90. The predicted octanol–water partition coefficient (Wildman–Crippen LogP) is 1.94. The third-order valence-corrected chi connectivity index (χ3v) is 2.97. The van der Waals surface area contributed by atoms with E-state index in [1.807, 2.05) is 36.7 Å². The van der Waals surface area contributed by atoms with E-state index in [0.717, 1.165) is 23.3 Å². The fourth-order valence-electron chi connectivity index (χ4n) is 2.07. The third-order valence-electron chi connectivity index (χ3n) is 2.97. The van der Waals surface area contributed by atoms with E-state index in [2.05, 4.69) is 20.6 Å². The van der Waals surface area contributed by atoms with Crippen LogP contribution in [0.2, 0.25) is 0 Å². The van der Waals surface area contributed by atoms with Crippen molar-refractivity contribution in [3.05, 3.63) is 60.2 Å². The van der Waals surface area contributed by atoms with E-state index in [-0.39, 0.29) is 0 Å². The van der Waals surface area contributed by atoms with Crippen LogP contribution >= 0.6 is 0 Å². The Morgan fingerprint density at radius 1 is 1.11 bits per heavy atom. The molecule has 0 saturated heterocycles. The number of hydrogen-bond donors (Lipinski definition) is 1. The summed E-state index contributed by atoms with van der Waals surface area (Å²) in [5.41, 5.74) is 9.86. The van der Waals surface area contributed by atoms with E-state index >= 15 is 0 Å². The molecule has 2 N–H and O–H groups in total. The minimum Gasteiger partial charge on any atom is -0.326 e. The van der Waals surface area contributed by atoms with Crippen LogP contribution in [0.1, 0.15) is 11.3 Å². The molecule has 0 aliphatic rings. The van der Waals surface area contributed by atoms with Gasteiger partial charge in [-0.2, -0.15) is 0 Å². The van der Waals surface area contributed by atoms with Gasteiger partial charge in [-0.05, 0) is 29.8 Å². The van der Waals surface area contributed by atoms with E-state index in [1.165, 1.54) is 5.56 Å². The summed E-state index contributed by atoms with van der Waals surface area (Å²) in [6.45, 7) is 1.26. The van der Waals surface area contributed by atoms with Crippen molar-refractivity contribution in [2.45, 2.75) is 13.1 Å². The molecule has 4 heteroatoms. The summed E-state index contributed by atoms with van der Waals surface area (Å²) in [5, 5.41) is 0. The largest absolute Gasteiger partial charge is 0.326 e. The highest BCUT2D eigenvalue weighted by Crippen LogP contribution is 2.14. The topological polar surface area (TPSA) is 56.7 Å². The van der Waals surface area contributed by atoms with Gasteiger partial charge in [0.25, 0.3) is 0 Å². The number of pyridine rings is 1. The Hall–Kier alpha value is -2.20. The van der Waals surface area contributed by atoms with Gasteiger partial charge in [0.05, 0.1) is 23.1 Å². The molecular formula is C14H14N4. The molecule has 0 atom stereocenters.